The van der Waals surface area contributed by atoms with E-state index < -0.39 is 58.2 Å². The van der Waals surface area contributed by atoms with Crippen LogP contribution in [0, 0.1) is 22.0 Å². The molecule has 2 heterocycles. The minimum absolute atomic E-state index is 0.162. The maximum Gasteiger partial charge on any atom is 0.573 e. The average molecular weight is 562 g/mol. The van der Waals surface area contributed by atoms with Gasteiger partial charge in [-0.05, 0) is 36.1 Å². The van der Waals surface area contributed by atoms with Crippen LogP contribution in [0.25, 0.3) is 0 Å². The number of aliphatic carboxylic acids is 1. The minimum Gasteiger partial charge on any atom is -0.480 e. The first-order chi connectivity index (χ1) is 18.9. The number of nitrogens with one attached hydrogen (secondary N) is 1. The molecule has 4 atom stereocenters. The van der Waals surface area contributed by atoms with Crippen LogP contribution in [-0.4, -0.2) is 50.7 Å². The van der Waals surface area contributed by atoms with Gasteiger partial charge in [0.2, 0.25) is 11.8 Å². The van der Waals surface area contributed by atoms with E-state index in [1.807, 2.05) is 0 Å². The van der Waals surface area contributed by atoms with Gasteiger partial charge in [0.1, 0.15) is 11.3 Å². The fourth-order valence-electron chi connectivity index (χ4n) is 6.41. The maximum absolute atomic E-state index is 13.9. The quantitative estimate of drug-likeness (QED) is 0.292. The Morgan fingerprint density at radius 3 is 2.38 bits per heavy atom. The number of carboxylic acids is 1. The number of alkyl halides is 3. The van der Waals surface area contributed by atoms with Crippen molar-refractivity contribution < 1.29 is 42.3 Å². The fourth-order valence-corrected chi connectivity index (χ4v) is 6.41. The summed E-state index contributed by atoms with van der Waals surface area (Å²) in [7, 11) is 0. The van der Waals surface area contributed by atoms with Gasteiger partial charge in [-0.1, -0.05) is 43.5 Å². The molecule has 0 bridgehead atoms. The first kappa shape index (κ1) is 27.6. The van der Waals surface area contributed by atoms with Crippen molar-refractivity contribution >= 4 is 23.5 Å². The van der Waals surface area contributed by atoms with E-state index in [0.717, 1.165) is 31.4 Å². The van der Waals surface area contributed by atoms with Gasteiger partial charge in [-0.2, -0.15) is 0 Å². The molecule has 0 radical (unpaired) electrons. The number of hydrogen-bond acceptors (Lipinski definition) is 7. The Balaban J connectivity index is 1.59. The molecule has 2 N–H and O–H groups in total. The third-order valence-electron chi connectivity index (χ3n) is 8.09. The molecule has 5 rings (SSSR count). The molecule has 2 aromatic carbocycles. The summed E-state index contributed by atoms with van der Waals surface area (Å²) >= 11 is 0. The van der Waals surface area contributed by atoms with Gasteiger partial charge in [0, 0.05) is 30.6 Å². The first-order valence-electron chi connectivity index (χ1n) is 12.9. The molecule has 4 unspecified atom stereocenters. The number of benzene rings is 2. The number of ether oxygens (including phenoxy) is 1. The molecule has 2 aromatic rings. The fraction of sp³-hybridized carbons (Fsp3) is 0.444. The molecule has 0 aromatic heterocycles. The van der Waals surface area contributed by atoms with Gasteiger partial charge in [-0.25, -0.2) is 0 Å². The van der Waals surface area contributed by atoms with Crippen LogP contribution in [0.2, 0.25) is 0 Å². The highest BCUT2D eigenvalue weighted by Crippen LogP contribution is 2.51. The number of carbonyl (C=O) groups is 3. The molecular weight excluding hydrogens is 535 g/mol. The molecule has 13 heteroatoms. The van der Waals surface area contributed by atoms with E-state index in [4.69, 9.17) is 0 Å². The Labute approximate surface area is 226 Å². The molecule has 10 nitrogen and oxygen atoms in total. The number of likely N-dealkylation sites (tertiary alicyclic amines) is 1. The topological polar surface area (TPSA) is 139 Å². The van der Waals surface area contributed by atoms with E-state index in [1.54, 1.807) is 0 Å². The lowest BCUT2D eigenvalue weighted by Crippen LogP contribution is -2.58. The highest BCUT2D eigenvalue weighted by Gasteiger charge is 2.69. The summed E-state index contributed by atoms with van der Waals surface area (Å²) in [5.41, 5.74) is -1.69. The van der Waals surface area contributed by atoms with Crippen molar-refractivity contribution in [3.63, 3.8) is 0 Å². The van der Waals surface area contributed by atoms with Gasteiger partial charge in [0.15, 0.2) is 0 Å². The molecule has 40 heavy (non-hydrogen) atoms. The number of nitrogens with zero attached hydrogens (tertiary/aromatic N) is 2. The number of nitro benzene ring substituents is 1. The van der Waals surface area contributed by atoms with Crippen LogP contribution >= 0.6 is 0 Å². The van der Waals surface area contributed by atoms with Crippen molar-refractivity contribution in [2.24, 2.45) is 11.8 Å². The highest BCUT2D eigenvalue weighted by atomic mass is 19.4. The zero-order valence-electron chi connectivity index (χ0n) is 21.1. The smallest absolute Gasteiger partial charge is 0.480 e. The van der Waals surface area contributed by atoms with Crippen LogP contribution in [0.15, 0.2) is 48.5 Å². The molecule has 3 fully saturated rings. The zero-order valence-corrected chi connectivity index (χ0v) is 21.1. The third-order valence-corrected chi connectivity index (χ3v) is 8.09. The summed E-state index contributed by atoms with van der Waals surface area (Å²) in [4.78, 5) is 52.4. The van der Waals surface area contributed by atoms with Gasteiger partial charge in [0.25, 0.3) is 5.69 Å². The summed E-state index contributed by atoms with van der Waals surface area (Å²) in [6, 6.07) is 8.59. The predicted molar refractivity (Wildman–Crippen MR) is 132 cm³/mol. The summed E-state index contributed by atoms with van der Waals surface area (Å²) in [5.74, 6) is -5.71. The number of non-ortho nitro benzene ring substituents is 1. The van der Waals surface area contributed by atoms with E-state index in [2.05, 4.69) is 10.1 Å². The summed E-state index contributed by atoms with van der Waals surface area (Å²) in [6.07, 6.45) is -1.52. The van der Waals surface area contributed by atoms with Crippen LogP contribution < -0.4 is 10.1 Å². The lowest BCUT2D eigenvalue weighted by Gasteiger charge is -2.34. The molecule has 3 aliphatic rings. The van der Waals surface area contributed by atoms with Gasteiger partial charge in [0.05, 0.1) is 16.8 Å². The Kier molecular flexibility index (Phi) is 7.02. The van der Waals surface area contributed by atoms with Gasteiger partial charge < -0.3 is 9.84 Å². The van der Waals surface area contributed by atoms with Crippen LogP contribution in [0.3, 0.4) is 0 Å². The standard InChI is InChI=1S/C27H26F3N3O7/c28-27(29,30)40-19-8-4-5-16(13-19)22-20-21(24(35)32(23(20)34)17-6-2-1-3-7-17)26(31-22,25(36)37)14-15-9-11-18(12-10-15)33(38)39/h4-5,8-13,17,20-22,31H,1-3,6-7,14H2,(H,36,37). The Hall–Kier alpha value is -4.00. The largest absolute Gasteiger partial charge is 0.573 e. The summed E-state index contributed by atoms with van der Waals surface area (Å²) in [6.45, 7) is 0. The molecule has 2 saturated heterocycles. The molecule has 1 saturated carbocycles. The van der Waals surface area contributed by atoms with E-state index in [1.165, 1.54) is 41.3 Å². The van der Waals surface area contributed by atoms with E-state index in [0.29, 0.717) is 18.4 Å². The van der Waals surface area contributed by atoms with Crippen molar-refractivity contribution in [1.29, 1.82) is 0 Å². The van der Waals surface area contributed by atoms with Crippen LogP contribution in [-0.2, 0) is 20.8 Å². The Morgan fingerprint density at radius 2 is 1.77 bits per heavy atom. The molecular formula is C27H26F3N3O7. The molecule has 212 valence electrons. The van der Waals surface area contributed by atoms with Crippen molar-refractivity contribution in [3.05, 3.63) is 69.8 Å². The Bertz CT molecular complexity index is 1340. The van der Waals surface area contributed by atoms with Crippen molar-refractivity contribution in [2.45, 2.75) is 62.5 Å². The van der Waals surface area contributed by atoms with Crippen molar-refractivity contribution in [1.82, 2.24) is 10.2 Å². The number of rotatable bonds is 7. The number of imide groups is 1. The SMILES string of the molecule is O=C1C2C(c3cccc(OC(F)(F)F)c3)NC(Cc3ccc([N+](=O)[O-])cc3)(C(=O)O)C2C(=O)N1C1CCCCC1. The van der Waals surface area contributed by atoms with E-state index in [9.17, 15) is 42.8 Å². The second-order valence-electron chi connectivity index (χ2n) is 10.5. The van der Waals surface area contributed by atoms with Crippen molar-refractivity contribution in [2.75, 3.05) is 0 Å². The lowest BCUT2D eigenvalue weighted by atomic mass is 9.76. The second kappa shape index (κ2) is 10.2. The average Bonchev–Trinajstić information content (AvgIpc) is 3.38. The molecule has 2 aliphatic heterocycles. The normalized spacial score (nSPS) is 27.1. The predicted octanol–water partition coefficient (Wildman–Crippen LogP) is 4.14. The number of hydrogen-bond donors (Lipinski definition) is 2. The number of amides is 2. The van der Waals surface area contributed by atoms with Crippen LogP contribution in [0.5, 0.6) is 5.75 Å². The van der Waals surface area contributed by atoms with E-state index in [-0.39, 0.29) is 23.7 Å². The highest BCUT2D eigenvalue weighted by molar-refractivity contribution is 6.09. The lowest BCUT2D eigenvalue weighted by molar-refractivity contribution is -0.384. The van der Waals surface area contributed by atoms with Gasteiger partial charge in [-0.15, -0.1) is 13.2 Å². The third kappa shape index (κ3) is 4.89. The molecule has 1 aliphatic carbocycles. The number of fused-ring (bicyclic) bond motifs is 1. The van der Waals surface area contributed by atoms with Gasteiger partial charge >= 0.3 is 12.3 Å². The summed E-state index contributed by atoms with van der Waals surface area (Å²) < 4.78 is 42.8. The van der Waals surface area contributed by atoms with Crippen molar-refractivity contribution in [3.8, 4) is 5.75 Å². The second-order valence-corrected chi connectivity index (χ2v) is 10.5. The molecule has 2 amide bonds. The van der Waals surface area contributed by atoms with Crippen LogP contribution in [0.4, 0.5) is 18.9 Å². The van der Waals surface area contributed by atoms with E-state index >= 15 is 0 Å². The maximum atomic E-state index is 13.9. The minimum atomic E-state index is -4.97. The first-order valence-corrected chi connectivity index (χ1v) is 12.9. The number of carboxylic acid groups (broad SMARTS) is 1. The van der Waals surface area contributed by atoms with Crippen LogP contribution in [0.1, 0.15) is 49.3 Å². The molecule has 0 spiro atoms. The zero-order chi connectivity index (χ0) is 28.8. The number of halogens is 3. The summed E-state index contributed by atoms with van der Waals surface area (Å²) in [5, 5.41) is 24.6. The Morgan fingerprint density at radius 1 is 1.10 bits per heavy atom. The van der Waals surface area contributed by atoms with Gasteiger partial charge in [-0.3, -0.25) is 34.7 Å². The number of nitro groups is 1. The number of carbonyl (C=O) groups excluding carboxylic acids is 2. The monoisotopic (exact) mass is 561 g/mol.